The van der Waals surface area contributed by atoms with Crippen LogP contribution < -0.4 is 5.32 Å². The minimum Gasteiger partial charge on any atom is -0.333 e. The number of nitrogens with one attached hydrogen (secondary N) is 1. The summed E-state index contributed by atoms with van der Waals surface area (Å²) in [6, 6.07) is 15.3. The molecule has 2 aliphatic heterocycles. The van der Waals surface area contributed by atoms with E-state index in [1.54, 1.807) is 17.0 Å². The number of rotatable bonds is 7. The van der Waals surface area contributed by atoms with E-state index >= 15 is 0 Å². The van der Waals surface area contributed by atoms with E-state index in [2.05, 4.69) is 5.32 Å². The Labute approximate surface area is 215 Å². The lowest BCUT2D eigenvalue weighted by molar-refractivity contribution is -0.198. The van der Waals surface area contributed by atoms with Crippen LogP contribution in [0.5, 0.6) is 0 Å². The van der Waals surface area contributed by atoms with Gasteiger partial charge in [-0.3, -0.25) is 9.59 Å². The molecule has 2 saturated heterocycles. The zero-order valence-corrected chi connectivity index (χ0v) is 21.2. The standard InChI is InChI=1S/C26H31ClFN5O3/c1-3-18(2)24-25(35)30(14-20-10-7-11-21(27)12-20)15-22-32(24)23(34)16-31(17-28)33(22)26(36)29-13-19-8-5-4-6-9-19/h4-12,18,22,24H,3,13-17H2,1-2H3,(H,29,36)/t18?,22-,24-/m0/s1. The summed E-state index contributed by atoms with van der Waals surface area (Å²) in [5.41, 5.74) is 1.72. The van der Waals surface area contributed by atoms with Gasteiger partial charge in [0.1, 0.15) is 18.8 Å². The van der Waals surface area contributed by atoms with Crippen LogP contribution in [0.3, 0.4) is 0 Å². The van der Waals surface area contributed by atoms with Crippen LogP contribution in [0.1, 0.15) is 31.4 Å². The molecule has 36 heavy (non-hydrogen) atoms. The van der Waals surface area contributed by atoms with E-state index in [-0.39, 0.29) is 43.9 Å². The van der Waals surface area contributed by atoms with Gasteiger partial charge < -0.3 is 15.1 Å². The van der Waals surface area contributed by atoms with Crippen LogP contribution in [-0.4, -0.2) is 69.8 Å². The van der Waals surface area contributed by atoms with Gasteiger partial charge in [-0.15, -0.1) is 0 Å². The van der Waals surface area contributed by atoms with Crippen molar-refractivity contribution in [2.75, 3.05) is 19.9 Å². The smallest absolute Gasteiger partial charge is 0.333 e. The van der Waals surface area contributed by atoms with Crippen LogP contribution >= 0.6 is 11.6 Å². The van der Waals surface area contributed by atoms with Crippen LogP contribution in [0, 0.1) is 5.92 Å². The quantitative estimate of drug-likeness (QED) is 0.571. The highest BCUT2D eigenvalue weighted by atomic mass is 35.5. The maximum atomic E-state index is 14.1. The van der Waals surface area contributed by atoms with E-state index in [4.69, 9.17) is 11.6 Å². The molecule has 0 aromatic heterocycles. The summed E-state index contributed by atoms with van der Waals surface area (Å²) in [6.07, 6.45) is -0.182. The number of nitrogens with zero attached hydrogens (tertiary/aromatic N) is 4. The average Bonchev–Trinajstić information content (AvgIpc) is 2.88. The zero-order valence-electron chi connectivity index (χ0n) is 20.4. The molecule has 4 amide bonds. The lowest BCUT2D eigenvalue weighted by Gasteiger charge is -2.55. The molecule has 4 rings (SSSR count). The number of hydrogen-bond donors (Lipinski definition) is 1. The maximum absolute atomic E-state index is 14.1. The molecular formula is C26H31ClFN5O3. The van der Waals surface area contributed by atoms with Gasteiger partial charge in [-0.25, -0.2) is 14.2 Å². The van der Waals surface area contributed by atoms with E-state index in [1.807, 2.05) is 56.3 Å². The molecule has 0 spiro atoms. The second kappa shape index (κ2) is 11.3. The van der Waals surface area contributed by atoms with E-state index in [0.717, 1.165) is 16.1 Å². The Morgan fingerprint density at radius 2 is 1.86 bits per heavy atom. The highest BCUT2D eigenvalue weighted by Gasteiger charge is 2.52. The molecule has 2 aromatic rings. The summed E-state index contributed by atoms with van der Waals surface area (Å²) in [5.74, 6) is -0.713. The molecule has 3 atom stereocenters. The van der Waals surface area contributed by atoms with Crippen LogP contribution in [-0.2, 0) is 22.7 Å². The number of carbonyl (C=O) groups excluding carboxylic acids is 3. The fourth-order valence-corrected chi connectivity index (χ4v) is 5.06. The number of urea groups is 1. The predicted octanol–water partition coefficient (Wildman–Crippen LogP) is 3.62. The number of halogens is 2. The fourth-order valence-electron chi connectivity index (χ4n) is 4.84. The van der Waals surface area contributed by atoms with E-state index in [0.29, 0.717) is 11.4 Å². The van der Waals surface area contributed by atoms with Crippen molar-refractivity contribution in [3.05, 3.63) is 70.7 Å². The summed E-state index contributed by atoms with van der Waals surface area (Å²) in [6.45, 7) is 3.11. The molecule has 0 saturated carbocycles. The lowest BCUT2D eigenvalue weighted by atomic mass is 9.92. The van der Waals surface area contributed by atoms with Crippen molar-refractivity contribution in [1.82, 2.24) is 25.1 Å². The Kier molecular flexibility index (Phi) is 8.11. The minimum atomic E-state index is -1.01. The summed E-state index contributed by atoms with van der Waals surface area (Å²) < 4.78 is 14.1. The summed E-state index contributed by atoms with van der Waals surface area (Å²) in [4.78, 5) is 43.4. The molecule has 2 aliphatic rings. The fraction of sp³-hybridized carbons (Fsp3) is 0.423. The third-order valence-electron chi connectivity index (χ3n) is 6.84. The highest BCUT2D eigenvalue weighted by molar-refractivity contribution is 6.30. The number of amides is 4. The van der Waals surface area contributed by atoms with Crippen molar-refractivity contribution in [3.63, 3.8) is 0 Å². The number of carbonyl (C=O) groups is 3. The van der Waals surface area contributed by atoms with Crippen molar-refractivity contribution < 1.29 is 18.8 Å². The Morgan fingerprint density at radius 3 is 2.53 bits per heavy atom. The van der Waals surface area contributed by atoms with Crippen molar-refractivity contribution in [2.24, 2.45) is 5.92 Å². The van der Waals surface area contributed by atoms with Gasteiger partial charge in [0.05, 0.1) is 6.54 Å². The van der Waals surface area contributed by atoms with E-state index in [9.17, 15) is 18.8 Å². The number of benzene rings is 2. The first-order chi connectivity index (χ1) is 17.3. The highest BCUT2D eigenvalue weighted by Crippen LogP contribution is 2.31. The molecule has 8 nitrogen and oxygen atoms in total. The van der Waals surface area contributed by atoms with Gasteiger partial charge in [0.2, 0.25) is 11.8 Å². The zero-order chi connectivity index (χ0) is 25.8. The maximum Gasteiger partial charge on any atom is 0.334 e. The Bertz CT molecular complexity index is 1100. The van der Waals surface area contributed by atoms with Gasteiger partial charge in [0.25, 0.3) is 0 Å². The molecule has 10 heteroatoms. The SMILES string of the molecule is CCC(C)[C@H]1C(=O)N(Cc2cccc(Cl)c2)C[C@H]2N1C(=O)CN(CF)N2C(=O)NCc1ccccc1. The molecular weight excluding hydrogens is 485 g/mol. The number of fused-ring (bicyclic) bond motifs is 1. The topological polar surface area (TPSA) is 76.2 Å². The van der Waals surface area contributed by atoms with Crippen molar-refractivity contribution in [2.45, 2.75) is 45.6 Å². The molecule has 0 radical (unpaired) electrons. The third-order valence-corrected chi connectivity index (χ3v) is 7.08. The molecule has 2 fully saturated rings. The van der Waals surface area contributed by atoms with Gasteiger partial charge in [0.15, 0.2) is 6.80 Å². The first-order valence-electron chi connectivity index (χ1n) is 12.1. The normalized spacial score (nSPS) is 21.4. The van der Waals surface area contributed by atoms with Gasteiger partial charge in [-0.1, -0.05) is 74.3 Å². The minimum absolute atomic E-state index is 0.0548. The number of hydrogen-bond acceptors (Lipinski definition) is 4. The van der Waals surface area contributed by atoms with Crippen molar-refractivity contribution in [1.29, 1.82) is 0 Å². The Balaban J connectivity index is 1.65. The summed E-state index contributed by atoms with van der Waals surface area (Å²) in [7, 11) is 0. The molecule has 1 unspecified atom stereocenters. The number of piperazine rings is 1. The Hall–Kier alpha value is -3.17. The molecule has 0 aliphatic carbocycles. The first kappa shape index (κ1) is 25.9. The number of hydrazine groups is 1. The summed E-state index contributed by atoms with van der Waals surface area (Å²) in [5, 5.41) is 5.76. The molecule has 2 heterocycles. The van der Waals surface area contributed by atoms with E-state index in [1.165, 1.54) is 9.91 Å². The lowest BCUT2D eigenvalue weighted by Crippen LogP contribution is -2.77. The Morgan fingerprint density at radius 1 is 1.14 bits per heavy atom. The van der Waals surface area contributed by atoms with Crippen LogP contribution in [0.25, 0.3) is 0 Å². The molecule has 0 bridgehead atoms. The van der Waals surface area contributed by atoms with Gasteiger partial charge in [0, 0.05) is 18.1 Å². The van der Waals surface area contributed by atoms with Crippen LogP contribution in [0.2, 0.25) is 5.02 Å². The van der Waals surface area contributed by atoms with Crippen molar-refractivity contribution >= 4 is 29.4 Å². The number of alkyl halides is 1. The third kappa shape index (κ3) is 5.32. The van der Waals surface area contributed by atoms with Gasteiger partial charge >= 0.3 is 6.03 Å². The summed E-state index contributed by atoms with van der Waals surface area (Å²) >= 11 is 6.15. The van der Waals surface area contributed by atoms with Gasteiger partial charge in [-0.05, 0) is 29.2 Å². The molecule has 1 N–H and O–H groups in total. The monoisotopic (exact) mass is 515 g/mol. The molecule has 2 aromatic carbocycles. The largest absolute Gasteiger partial charge is 0.334 e. The predicted molar refractivity (Wildman–Crippen MR) is 134 cm³/mol. The van der Waals surface area contributed by atoms with Gasteiger partial charge in [-0.2, -0.15) is 5.01 Å². The van der Waals surface area contributed by atoms with Crippen LogP contribution in [0.15, 0.2) is 54.6 Å². The van der Waals surface area contributed by atoms with Crippen molar-refractivity contribution in [3.8, 4) is 0 Å². The van der Waals surface area contributed by atoms with E-state index < -0.39 is 25.0 Å². The second-order valence-electron chi connectivity index (χ2n) is 9.23. The molecule has 192 valence electrons. The van der Waals surface area contributed by atoms with Crippen LogP contribution in [0.4, 0.5) is 9.18 Å². The second-order valence-corrected chi connectivity index (χ2v) is 9.67. The average molecular weight is 516 g/mol. The first-order valence-corrected chi connectivity index (χ1v) is 12.5.